The van der Waals surface area contributed by atoms with Crippen molar-refractivity contribution in [2.24, 2.45) is 5.41 Å². The molecule has 0 radical (unpaired) electrons. The number of carbonyl (C=O) groups is 1. The maximum atomic E-state index is 11.3. The Morgan fingerprint density at radius 2 is 1.96 bits per heavy atom. The van der Waals surface area contributed by atoms with Gasteiger partial charge in [0.25, 0.3) is 0 Å². The van der Waals surface area contributed by atoms with Crippen molar-refractivity contribution in [3.8, 4) is 11.3 Å². The molecule has 0 saturated heterocycles. The number of carbonyl (C=O) groups excluding carboxylic acids is 1. The molecule has 1 aliphatic carbocycles. The molecule has 0 atom stereocenters. The maximum Gasteiger partial charge on any atom is 0.221 e. The Morgan fingerprint density at radius 3 is 2.62 bits per heavy atom. The molecule has 26 heavy (non-hydrogen) atoms. The number of amides is 1. The van der Waals surface area contributed by atoms with Crippen LogP contribution >= 0.6 is 0 Å². The van der Waals surface area contributed by atoms with Crippen molar-refractivity contribution in [3.05, 3.63) is 48.2 Å². The van der Waals surface area contributed by atoms with Gasteiger partial charge in [-0.3, -0.25) is 9.78 Å². The van der Waals surface area contributed by atoms with Crippen molar-refractivity contribution in [1.29, 1.82) is 0 Å². The summed E-state index contributed by atoms with van der Waals surface area (Å²) >= 11 is 0. The third-order valence-electron chi connectivity index (χ3n) is 4.82. The molecule has 1 amide bonds. The normalized spacial score (nSPS) is 15.5. The van der Waals surface area contributed by atoms with Crippen molar-refractivity contribution in [1.82, 2.24) is 10.3 Å². The number of nitrogens with zero attached hydrogens (tertiary/aromatic N) is 1. The molecule has 0 aliphatic heterocycles. The number of anilines is 1. The first-order valence-corrected chi connectivity index (χ1v) is 9.33. The number of benzene rings is 1. The molecule has 4 nitrogen and oxygen atoms in total. The topological polar surface area (TPSA) is 54.0 Å². The zero-order valence-corrected chi connectivity index (χ0v) is 16.2. The number of nitrogens with one attached hydrogen (secondary N) is 2. The Morgan fingerprint density at radius 1 is 1.19 bits per heavy atom. The van der Waals surface area contributed by atoms with Crippen LogP contribution in [0.4, 0.5) is 5.69 Å². The Balaban J connectivity index is 1.77. The smallest absolute Gasteiger partial charge is 0.221 e. The predicted molar refractivity (Wildman–Crippen MR) is 107 cm³/mol. The lowest BCUT2D eigenvalue weighted by molar-refractivity contribution is -0.114. The minimum Gasteiger partial charge on any atom is -0.326 e. The minimum absolute atomic E-state index is 0.0642. The van der Waals surface area contributed by atoms with Crippen molar-refractivity contribution in [2.45, 2.75) is 46.0 Å². The van der Waals surface area contributed by atoms with Crippen LogP contribution in [0.15, 0.2) is 42.6 Å². The Bertz CT molecular complexity index is 788. The fourth-order valence-electron chi connectivity index (χ4n) is 3.27. The summed E-state index contributed by atoms with van der Waals surface area (Å²) in [6.07, 6.45) is 4.35. The van der Waals surface area contributed by atoms with E-state index in [1.165, 1.54) is 25.3 Å². The van der Waals surface area contributed by atoms with Crippen LogP contribution in [0.1, 0.15) is 46.1 Å². The second-order valence-corrected chi connectivity index (χ2v) is 8.64. The van der Waals surface area contributed by atoms with Crippen LogP contribution in [0.5, 0.6) is 0 Å². The van der Waals surface area contributed by atoms with E-state index >= 15 is 0 Å². The Labute approximate surface area is 156 Å². The SMILES string of the molecule is CC(=O)Nc1cccc(-c2cc(C3(CNCC(C)(C)C)CC3)ccn2)c1. The summed E-state index contributed by atoms with van der Waals surface area (Å²) < 4.78 is 0. The van der Waals surface area contributed by atoms with Crippen molar-refractivity contribution in [2.75, 3.05) is 18.4 Å². The van der Waals surface area contributed by atoms with Crippen molar-refractivity contribution >= 4 is 11.6 Å². The summed E-state index contributed by atoms with van der Waals surface area (Å²) in [7, 11) is 0. The van der Waals surface area contributed by atoms with Crippen LogP contribution < -0.4 is 10.6 Å². The lowest BCUT2D eigenvalue weighted by Crippen LogP contribution is -2.33. The van der Waals surface area contributed by atoms with E-state index < -0.39 is 0 Å². The van der Waals surface area contributed by atoms with E-state index in [-0.39, 0.29) is 11.3 Å². The summed E-state index contributed by atoms with van der Waals surface area (Å²) in [5.74, 6) is -0.0642. The molecule has 2 N–H and O–H groups in total. The van der Waals surface area contributed by atoms with Crippen LogP contribution in [0.2, 0.25) is 0 Å². The van der Waals surface area contributed by atoms with E-state index in [1.54, 1.807) is 0 Å². The van der Waals surface area contributed by atoms with E-state index in [4.69, 9.17) is 0 Å². The fraction of sp³-hybridized carbons (Fsp3) is 0.455. The summed E-state index contributed by atoms with van der Waals surface area (Å²) in [6.45, 7) is 10.3. The second kappa shape index (κ2) is 7.20. The summed E-state index contributed by atoms with van der Waals surface area (Å²) in [4.78, 5) is 15.8. The molecule has 138 valence electrons. The van der Waals surface area contributed by atoms with Gasteiger partial charge in [0.15, 0.2) is 0 Å². The molecule has 2 aromatic rings. The van der Waals surface area contributed by atoms with Crippen LogP contribution in [0, 0.1) is 5.41 Å². The Hall–Kier alpha value is -2.20. The fourth-order valence-corrected chi connectivity index (χ4v) is 3.27. The van der Waals surface area contributed by atoms with E-state index in [9.17, 15) is 4.79 Å². The van der Waals surface area contributed by atoms with Gasteiger partial charge in [-0.05, 0) is 48.1 Å². The molecule has 0 unspecified atom stereocenters. The van der Waals surface area contributed by atoms with E-state index in [0.29, 0.717) is 5.41 Å². The average Bonchev–Trinajstić information content (AvgIpc) is 3.34. The lowest BCUT2D eigenvalue weighted by atomic mass is 9.93. The molecule has 1 saturated carbocycles. The zero-order chi connectivity index (χ0) is 18.8. The molecule has 3 rings (SSSR count). The first-order valence-electron chi connectivity index (χ1n) is 9.33. The van der Waals surface area contributed by atoms with E-state index in [0.717, 1.165) is 30.0 Å². The van der Waals surface area contributed by atoms with Gasteiger partial charge in [-0.15, -0.1) is 0 Å². The molecular weight excluding hydrogens is 322 g/mol. The first-order chi connectivity index (χ1) is 12.3. The number of hydrogen-bond donors (Lipinski definition) is 2. The van der Waals surface area contributed by atoms with Gasteiger partial charge in [-0.25, -0.2) is 0 Å². The Kier molecular flexibility index (Phi) is 5.15. The quantitative estimate of drug-likeness (QED) is 0.812. The van der Waals surface area contributed by atoms with Crippen molar-refractivity contribution < 1.29 is 4.79 Å². The van der Waals surface area contributed by atoms with E-state index in [1.807, 2.05) is 30.5 Å². The highest BCUT2D eigenvalue weighted by Gasteiger charge is 2.44. The van der Waals surface area contributed by atoms with Crippen LogP contribution in [0.3, 0.4) is 0 Å². The molecule has 1 heterocycles. The monoisotopic (exact) mass is 351 g/mol. The van der Waals surface area contributed by atoms with Gasteiger partial charge in [0.2, 0.25) is 5.91 Å². The minimum atomic E-state index is -0.0642. The van der Waals surface area contributed by atoms with Gasteiger partial charge in [-0.2, -0.15) is 0 Å². The highest BCUT2D eigenvalue weighted by atomic mass is 16.1. The molecule has 1 aliphatic rings. The average molecular weight is 351 g/mol. The highest BCUT2D eigenvalue weighted by molar-refractivity contribution is 5.89. The van der Waals surface area contributed by atoms with Gasteiger partial charge in [0.1, 0.15) is 0 Å². The maximum absolute atomic E-state index is 11.3. The van der Waals surface area contributed by atoms with Crippen LogP contribution in [-0.2, 0) is 10.2 Å². The summed E-state index contributed by atoms with van der Waals surface area (Å²) in [5, 5.41) is 6.49. The second-order valence-electron chi connectivity index (χ2n) is 8.64. The number of hydrogen-bond acceptors (Lipinski definition) is 3. The molecule has 1 fully saturated rings. The highest BCUT2D eigenvalue weighted by Crippen LogP contribution is 2.48. The summed E-state index contributed by atoms with van der Waals surface area (Å²) in [5.41, 5.74) is 4.68. The molecule has 0 spiro atoms. The number of pyridine rings is 1. The lowest BCUT2D eigenvalue weighted by Gasteiger charge is -2.23. The predicted octanol–water partition coefficient (Wildman–Crippen LogP) is 4.37. The third-order valence-corrected chi connectivity index (χ3v) is 4.82. The number of rotatable bonds is 6. The number of aromatic nitrogens is 1. The molecule has 4 heteroatoms. The standard InChI is InChI=1S/C22H29N3O/c1-16(26)25-19-7-5-6-17(12-19)20-13-18(8-11-24-20)22(9-10-22)15-23-14-21(2,3)4/h5-8,11-13,23H,9-10,14-15H2,1-4H3,(H,25,26). The molecule has 1 aromatic carbocycles. The van der Waals surface area contributed by atoms with Gasteiger partial charge in [0.05, 0.1) is 5.69 Å². The first kappa shape index (κ1) is 18.6. The van der Waals surface area contributed by atoms with Gasteiger partial charge in [0, 0.05) is 42.9 Å². The van der Waals surface area contributed by atoms with Gasteiger partial charge in [-0.1, -0.05) is 32.9 Å². The van der Waals surface area contributed by atoms with Crippen molar-refractivity contribution in [3.63, 3.8) is 0 Å². The molecular formula is C22H29N3O. The van der Waals surface area contributed by atoms with Gasteiger partial charge >= 0.3 is 0 Å². The summed E-state index contributed by atoms with van der Waals surface area (Å²) in [6, 6.07) is 12.2. The molecule has 0 bridgehead atoms. The van der Waals surface area contributed by atoms with Crippen LogP contribution in [0.25, 0.3) is 11.3 Å². The zero-order valence-electron chi connectivity index (χ0n) is 16.2. The third kappa shape index (κ3) is 4.70. The van der Waals surface area contributed by atoms with E-state index in [2.05, 4.69) is 48.5 Å². The van der Waals surface area contributed by atoms with Crippen LogP contribution in [-0.4, -0.2) is 24.0 Å². The largest absolute Gasteiger partial charge is 0.326 e. The van der Waals surface area contributed by atoms with Gasteiger partial charge < -0.3 is 10.6 Å². The molecule has 1 aromatic heterocycles.